The first-order chi connectivity index (χ1) is 12.0. The van der Waals surface area contributed by atoms with Crippen molar-refractivity contribution in [1.29, 1.82) is 0 Å². The van der Waals surface area contributed by atoms with Crippen molar-refractivity contribution in [2.45, 2.75) is 37.5 Å². The van der Waals surface area contributed by atoms with Crippen molar-refractivity contribution in [2.75, 3.05) is 19.3 Å². The first-order valence-electron chi connectivity index (χ1n) is 8.66. The van der Waals surface area contributed by atoms with E-state index in [4.69, 9.17) is 4.52 Å². The molecule has 0 atom stereocenters. The van der Waals surface area contributed by atoms with Gasteiger partial charge in [-0.2, -0.15) is 4.98 Å². The molecule has 0 N–H and O–H groups in total. The second-order valence-corrected chi connectivity index (χ2v) is 9.23. The molecule has 0 bridgehead atoms. The third-order valence-corrected chi connectivity index (χ3v) is 6.66. The lowest BCUT2D eigenvalue weighted by atomic mass is 9.74. The van der Waals surface area contributed by atoms with Crippen LogP contribution in [0.5, 0.6) is 0 Å². The third-order valence-electron chi connectivity index (χ3n) is 5.35. The van der Waals surface area contributed by atoms with Crippen LogP contribution in [0, 0.1) is 5.92 Å². The fourth-order valence-corrected chi connectivity index (χ4v) is 4.54. The topological polar surface area (TPSA) is 89.2 Å². The molecule has 3 heterocycles. The van der Waals surface area contributed by atoms with Gasteiger partial charge in [0.25, 0.3) is 5.89 Å². The van der Waals surface area contributed by atoms with E-state index in [0.717, 1.165) is 30.7 Å². The van der Waals surface area contributed by atoms with Gasteiger partial charge in [-0.05, 0) is 37.3 Å². The maximum absolute atomic E-state index is 11.8. The van der Waals surface area contributed by atoms with E-state index in [-0.39, 0.29) is 5.41 Å². The number of hydrogen-bond acceptors (Lipinski definition) is 6. The molecule has 0 amide bonds. The van der Waals surface area contributed by atoms with E-state index in [1.54, 1.807) is 16.7 Å². The zero-order valence-electron chi connectivity index (χ0n) is 14.3. The Morgan fingerprint density at radius 1 is 1.24 bits per heavy atom. The summed E-state index contributed by atoms with van der Waals surface area (Å²) < 4.78 is 30.7. The molecule has 2 aromatic rings. The van der Waals surface area contributed by atoms with Gasteiger partial charge in [-0.1, -0.05) is 18.0 Å². The van der Waals surface area contributed by atoms with Crippen LogP contribution in [0.15, 0.2) is 29.0 Å². The Morgan fingerprint density at radius 3 is 2.52 bits per heavy atom. The largest absolute Gasteiger partial charge is 0.334 e. The Kier molecular flexibility index (Phi) is 4.11. The highest BCUT2D eigenvalue weighted by molar-refractivity contribution is 7.88. The zero-order valence-corrected chi connectivity index (χ0v) is 15.1. The number of nitrogens with zero attached hydrogens (tertiary/aromatic N) is 4. The minimum absolute atomic E-state index is 0.183. The fraction of sp³-hybridized carbons (Fsp3) is 0.588. The summed E-state index contributed by atoms with van der Waals surface area (Å²) in [6.07, 6.45) is 9.65. The van der Waals surface area contributed by atoms with Crippen molar-refractivity contribution in [1.82, 2.24) is 19.4 Å². The average Bonchev–Trinajstić information content (AvgIpc) is 3.26. The van der Waals surface area contributed by atoms with Crippen LogP contribution < -0.4 is 0 Å². The fourth-order valence-electron chi connectivity index (χ4n) is 3.69. The maximum atomic E-state index is 11.8. The van der Waals surface area contributed by atoms with Gasteiger partial charge in [0.2, 0.25) is 10.0 Å². The quantitative estimate of drug-likeness (QED) is 0.810. The molecule has 1 aliphatic heterocycles. The predicted molar refractivity (Wildman–Crippen MR) is 92.2 cm³/mol. The molecule has 25 heavy (non-hydrogen) atoms. The van der Waals surface area contributed by atoms with Gasteiger partial charge in [0.05, 0.1) is 6.26 Å². The lowest BCUT2D eigenvalue weighted by molar-refractivity contribution is 0.198. The molecule has 0 radical (unpaired) electrons. The van der Waals surface area contributed by atoms with E-state index in [1.807, 2.05) is 12.1 Å². The first kappa shape index (κ1) is 16.7. The minimum Gasteiger partial charge on any atom is -0.334 e. The van der Waals surface area contributed by atoms with Crippen LogP contribution in [-0.4, -0.2) is 47.2 Å². The summed E-state index contributed by atoms with van der Waals surface area (Å²) >= 11 is 0. The highest BCUT2D eigenvalue weighted by Crippen LogP contribution is 2.47. The van der Waals surface area contributed by atoms with Gasteiger partial charge < -0.3 is 4.52 Å². The van der Waals surface area contributed by atoms with Gasteiger partial charge in [0, 0.05) is 36.5 Å². The molecule has 0 aromatic carbocycles. The monoisotopic (exact) mass is 362 g/mol. The van der Waals surface area contributed by atoms with Crippen LogP contribution in [0.3, 0.4) is 0 Å². The Balaban J connectivity index is 1.61. The second-order valence-electron chi connectivity index (χ2n) is 7.25. The summed E-state index contributed by atoms with van der Waals surface area (Å²) in [5.74, 6) is 1.92. The van der Waals surface area contributed by atoms with Crippen molar-refractivity contribution < 1.29 is 12.9 Å². The van der Waals surface area contributed by atoms with Gasteiger partial charge >= 0.3 is 0 Å². The number of piperidine rings is 1. The van der Waals surface area contributed by atoms with E-state index >= 15 is 0 Å². The van der Waals surface area contributed by atoms with Gasteiger partial charge in [-0.25, -0.2) is 12.7 Å². The number of aromatic nitrogens is 3. The van der Waals surface area contributed by atoms with Crippen LogP contribution >= 0.6 is 0 Å². The molecule has 0 spiro atoms. The summed E-state index contributed by atoms with van der Waals surface area (Å²) in [5.41, 5.74) is 0.667. The predicted octanol–water partition coefficient (Wildman–Crippen LogP) is 2.22. The van der Waals surface area contributed by atoms with Crippen LogP contribution in [0.2, 0.25) is 0 Å². The molecular weight excluding hydrogens is 340 g/mol. The van der Waals surface area contributed by atoms with Crippen LogP contribution in [0.4, 0.5) is 0 Å². The Labute approximate surface area is 147 Å². The molecule has 4 rings (SSSR count). The lowest BCUT2D eigenvalue weighted by Gasteiger charge is -2.39. The van der Waals surface area contributed by atoms with Crippen molar-refractivity contribution in [3.8, 4) is 11.5 Å². The molecule has 2 fully saturated rings. The summed E-state index contributed by atoms with van der Waals surface area (Å²) in [7, 11) is -3.15. The van der Waals surface area contributed by atoms with Crippen molar-refractivity contribution in [2.24, 2.45) is 5.92 Å². The molecular formula is C17H22N4O3S. The SMILES string of the molecule is CS(=O)(=O)N1CCC(CC2CC2)(c2noc(-c3ccncc3)n2)CC1. The van der Waals surface area contributed by atoms with Gasteiger partial charge in [0.1, 0.15) is 0 Å². The number of sulfonamides is 1. The molecule has 1 saturated carbocycles. The molecule has 8 heteroatoms. The van der Waals surface area contributed by atoms with Crippen LogP contribution in [0.1, 0.15) is 37.9 Å². The average molecular weight is 362 g/mol. The Hall–Kier alpha value is -1.80. The third kappa shape index (κ3) is 3.46. The molecule has 1 aliphatic carbocycles. The molecule has 0 unspecified atom stereocenters. The summed E-state index contributed by atoms with van der Waals surface area (Å²) in [6, 6.07) is 3.69. The number of pyridine rings is 1. The number of hydrogen-bond donors (Lipinski definition) is 0. The van der Waals surface area contributed by atoms with Crippen molar-refractivity contribution in [3.05, 3.63) is 30.4 Å². The lowest BCUT2D eigenvalue weighted by Crippen LogP contribution is -2.45. The molecule has 1 saturated heterocycles. The van der Waals surface area contributed by atoms with Crippen LogP contribution in [0.25, 0.3) is 11.5 Å². The smallest absolute Gasteiger partial charge is 0.258 e. The minimum atomic E-state index is -3.15. The second kappa shape index (κ2) is 6.17. The summed E-state index contributed by atoms with van der Waals surface area (Å²) in [5, 5.41) is 4.28. The van der Waals surface area contributed by atoms with Crippen molar-refractivity contribution >= 4 is 10.0 Å². The van der Waals surface area contributed by atoms with Gasteiger partial charge in [-0.3, -0.25) is 4.98 Å². The first-order valence-corrected chi connectivity index (χ1v) is 10.5. The normalized spacial score (nSPS) is 21.3. The van der Waals surface area contributed by atoms with E-state index in [2.05, 4.69) is 15.1 Å². The summed E-state index contributed by atoms with van der Waals surface area (Å²) in [6.45, 7) is 1.04. The standard InChI is InChI=1S/C17H22N4O3S/c1-25(22,23)21-10-6-17(7-11-21,12-13-2-3-13)16-19-15(24-20-16)14-4-8-18-9-5-14/h4-5,8-9,13H,2-3,6-7,10-12H2,1H3. The van der Waals surface area contributed by atoms with Crippen LogP contribution in [-0.2, 0) is 15.4 Å². The zero-order chi connectivity index (χ0) is 17.5. The highest BCUT2D eigenvalue weighted by atomic mass is 32.2. The van der Waals surface area contributed by atoms with E-state index in [9.17, 15) is 8.42 Å². The number of rotatable bonds is 5. The molecule has 7 nitrogen and oxygen atoms in total. The van der Waals surface area contributed by atoms with E-state index in [0.29, 0.717) is 24.9 Å². The molecule has 134 valence electrons. The van der Waals surface area contributed by atoms with Crippen molar-refractivity contribution in [3.63, 3.8) is 0 Å². The highest BCUT2D eigenvalue weighted by Gasteiger charge is 2.45. The summed E-state index contributed by atoms with van der Waals surface area (Å²) in [4.78, 5) is 8.68. The van der Waals surface area contributed by atoms with Gasteiger partial charge in [-0.15, -0.1) is 0 Å². The maximum Gasteiger partial charge on any atom is 0.258 e. The Bertz CT molecular complexity index is 838. The molecule has 2 aromatic heterocycles. The van der Waals surface area contributed by atoms with E-state index in [1.165, 1.54) is 19.1 Å². The van der Waals surface area contributed by atoms with E-state index < -0.39 is 10.0 Å². The van der Waals surface area contributed by atoms with Gasteiger partial charge in [0.15, 0.2) is 5.82 Å². The molecule has 2 aliphatic rings. The Morgan fingerprint density at radius 2 is 1.92 bits per heavy atom.